The largest absolute Gasteiger partial charge is 0.493 e. The molecule has 220 valence electrons. The van der Waals surface area contributed by atoms with Crippen molar-refractivity contribution in [1.29, 1.82) is 0 Å². The van der Waals surface area contributed by atoms with Crippen LogP contribution in [0.4, 0.5) is 5.69 Å². The van der Waals surface area contributed by atoms with Gasteiger partial charge in [-0.05, 0) is 78.2 Å². The summed E-state index contributed by atoms with van der Waals surface area (Å²) in [6, 6.07) is 23.3. The fourth-order valence-electron chi connectivity index (χ4n) is 4.87. The van der Waals surface area contributed by atoms with Crippen LogP contribution >= 0.6 is 0 Å². The zero-order valence-corrected chi connectivity index (χ0v) is 24.1. The van der Waals surface area contributed by atoms with Crippen molar-refractivity contribution in [2.24, 2.45) is 0 Å². The SMILES string of the molecule is O=S(=O)(Nc1ccc(CCNCC(O)c2cccnc2)cc1)c1ccc(-c2noc(Cc3ccc4c(c3)CCO4)n2)cc1. The van der Waals surface area contributed by atoms with Gasteiger partial charge in [0.1, 0.15) is 5.75 Å². The van der Waals surface area contributed by atoms with Gasteiger partial charge < -0.3 is 19.7 Å². The molecule has 1 aliphatic heterocycles. The third-order valence-electron chi connectivity index (χ3n) is 7.20. The van der Waals surface area contributed by atoms with Crippen molar-refractivity contribution in [3.8, 4) is 17.1 Å². The smallest absolute Gasteiger partial charge is 0.261 e. The average molecular weight is 598 g/mol. The summed E-state index contributed by atoms with van der Waals surface area (Å²) in [4.78, 5) is 8.64. The number of anilines is 1. The van der Waals surface area contributed by atoms with Crippen LogP contribution in [0.25, 0.3) is 11.4 Å². The molecule has 0 fully saturated rings. The number of aliphatic hydroxyl groups is 1. The lowest BCUT2D eigenvalue weighted by atomic mass is 10.1. The molecule has 43 heavy (non-hydrogen) atoms. The van der Waals surface area contributed by atoms with Crippen molar-refractivity contribution >= 4 is 15.7 Å². The van der Waals surface area contributed by atoms with E-state index >= 15 is 0 Å². The van der Waals surface area contributed by atoms with E-state index in [0.29, 0.717) is 49.1 Å². The summed E-state index contributed by atoms with van der Waals surface area (Å²) in [6.07, 6.45) is 4.82. The number of hydrogen-bond acceptors (Lipinski definition) is 9. The third-order valence-corrected chi connectivity index (χ3v) is 8.60. The predicted molar refractivity (Wildman–Crippen MR) is 161 cm³/mol. The van der Waals surface area contributed by atoms with Crippen LogP contribution in [0.5, 0.6) is 5.75 Å². The molecule has 1 unspecified atom stereocenters. The summed E-state index contributed by atoms with van der Waals surface area (Å²) in [6.45, 7) is 1.79. The summed E-state index contributed by atoms with van der Waals surface area (Å²) in [5.74, 6) is 1.80. The first-order valence-corrected chi connectivity index (χ1v) is 15.5. The Morgan fingerprint density at radius 2 is 1.79 bits per heavy atom. The molecule has 1 aliphatic rings. The van der Waals surface area contributed by atoms with Gasteiger partial charge in [0.05, 0.1) is 24.0 Å². The zero-order chi connectivity index (χ0) is 29.6. The molecule has 0 amide bonds. The van der Waals surface area contributed by atoms with Gasteiger partial charge in [0.25, 0.3) is 10.0 Å². The molecule has 3 heterocycles. The van der Waals surface area contributed by atoms with E-state index in [1.807, 2.05) is 30.3 Å². The fraction of sp³-hybridized carbons (Fsp3) is 0.219. The lowest BCUT2D eigenvalue weighted by molar-refractivity contribution is 0.174. The predicted octanol–water partition coefficient (Wildman–Crippen LogP) is 4.32. The first-order chi connectivity index (χ1) is 20.9. The average Bonchev–Trinajstić information content (AvgIpc) is 3.70. The Balaban J connectivity index is 1.01. The molecule has 0 bridgehead atoms. The summed E-state index contributed by atoms with van der Waals surface area (Å²) < 4.78 is 39.7. The van der Waals surface area contributed by atoms with E-state index in [1.165, 1.54) is 17.7 Å². The van der Waals surface area contributed by atoms with Crippen molar-refractivity contribution < 1.29 is 22.8 Å². The van der Waals surface area contributed by atoms with E-state index in [9.17, 15) is 13.5 Å². The molecule has 0 saturated heterocycles. The zero-order valence-electron chi connectivity index (χ0n) is 23.3. The highest BCUT2D eigenvalue weighted by Gasteiger charge is 2.17. The standard InChI is InChI=1S/C32H31N5O5S/c38-29(26-2-1-15-33-20-26)21-34-16-13-22-3-8-27(9-4-22)37-43(39,40)28-10-6-24(7-11-28)32-35-31(42-36-32)19-23-5-12-30-25(18-23)14-17-41-30/h1-12,15,18,20,29,34,37-38H,13-14,16-17,19,21H2. The Morgan fingerprint density at radius 1 is 0.977 bits per heavy atom. The number of pyridine rings is 1. The minimum absolute atomic E-state index is 0.126. The number of nitrogens with zero attached hydrogens (tertiary/aromatic N) is 3. The van der Waals surface area contributed by atoms with Gasteiger partial charge in [0.2, 0.25) is 11.7 Å². The molecule has 0 spiro atoms. The maximum atomic E-state index is 13.0. The van der Waals surface area contributed by atoms with Gasteiger partial charge in [-0.2, -0.15) is 4.98 Å². The highest BCUT2D eigenvalue weighted by molar-refractivity contribution is 7.92. The van der Waals surface area contributed by atoms with Crippen molar-refractivity contribution in [2.45, 2.75) is 30.3 Å². The Bertz CT molecular complexity index is 1780. The Hall–Kier alpha value is -4.58. The van der Waals surface area contributed by atoms with E-state index in [1.54, 1.807) is 42.7 Å². The van der Waals surface area contributed by atoms with Gasteiger partial charge in [-0.25, -0.2) is 8.42 Å². The van der Waals surface area contributed by atoms with E-state index < -0.39 is 16.1 Å². The first-order valence-electron chi connectivity index (χ1n) is 14.0. The summed E-state index contributed by atoms with van der Waals surface area (Å²) >= 11 is 0. The highest BCUT2D eigenvalue weighted by Crippen LogP contribution is 2.27. The number of ether oxygens (including phenoxy) is 1. The molecular formula is C32H31N5O5S. The summed E-state index contributed by atoms with van der Waals surface area (Å²) in [7, 11) is -3.79. The van der Waals surface area contributed by atoms with Crippen molar-refractivity contribution in [3.63, 3.8) is 0 Å². The summed E-state index contributed by atoms with van der Waals surface area (Å²) in [5.41, 5.74) is 5.17. The van der Waals surface area contributed by atoms with Crippen LogP contribution in [0.1, 0.15) is 34.2 Å². The number of sulfonamides is 1. The number of aliphatic hydroxyl groups excluding tert-OH is 1. The lowest BCUT2D eigenvalue weighted by Gasteiger charge is -2.12. The number of nitrogens with one attached hydrogen (secondary N) is 2. The lowest BCUT2D eigenvalue weighted by Crippen LogP contribution is -2.23. The third kappa shape index (κ3) is 7.08. The van der Waals surface area contributed by atoms with Gasteiger partial charge in [0.15, 0.2) is 0 Å². The van der Waals surface area contributed by atoms with Crippen LogP contribution in [-0.2, 0) is 29.3 Å². The molecule has 0 radical (unpaired) electrons. The number of aromatic nitrogens is 3. The van der Waals surface area contributed by atoms with E-state index in [2.05, 4.69) is 31.2 Å². The molecule has 2 aromatic heterocycles. The minimum Gasteiger partial charge on any atom is -0.493 e. The number of fused-ring (bicyclic) bond motifs is 1. The van der Waals surface area contributed by atoms with Crippen LogP contribution in [0, 0.1) is 0 Å². The van der Waals surface area contributed by atoms with Gasteiger partial charge in [-0.15, -0.1) is 0 Å². The molecule has 10 nitrogen and oxygen atoms in total. The second kappa shape index (κ2) is 12.7. The second-order valence-electron chi connectivity index (χ2n) is 10.3. The van der Waals surface area contributed by atoms with E-state index in [4.69, 9.17) is 9.26 Å². The van der Waals surface area contributed by atoms with Gasteiger partial charge >= 0.3 is 0 Å². The Labute approximate surface area is 249 Å². The monoisotopic (exact) mass is 597 g/mol. The first kappa shape index (κ1) is 28.5. The van der Waals surface area contributed by atoms with Crippen LogP contribution in [0.2, 0.25) is 0 Å². The Morgan fingerprint density at radius 3 is 2.58 bits per heavy atom. The van der Waals surface area contributed by atoms with Gasteiger partial charge in [0, 0.05) is 42.2 Å². The molecule has 5 aromatic rings. The molecule has 6 rings (SSSR count). The normalized spacial score (nSPS) is 13.3. The van der Waals surface area contributed by atoms with E-state index in [-0.39, 0.29) is 4.90 Å². The fourth-order valence-corrected chi connectivity index (χ4v) is 5.93. The van der Waals surface area contributed by atoms with E-state index in [0.717, 1.165) is 35.3 Å². The van der Waals surface area contributed by atoms with Crippen molar-refractivity contribution in [2.75, 3.05) is 24.4 Å². The minimum atomic E-state index is -3.79. The maximum Gasteiger partial charge on any atom is 0.261 e. The number of benzene rings is 3. The van der Waals surface area contributed by atoms with Gasteiger partial charge in [-0.1, -0.05) is 35.5 Å². The topological polar surface area (TPSA) is 139 Å². The molecule has 1 atom stereocenters. The molecule has 3 aromatic carbocycles. The number of hydrogen-bond donors (Lipinski definition) is 3. The molecule has 0 aliphatic carbocycles. The second-order valence-corrected chi connectivity index (χ2v) is 12.0. The quantitative estimate of drug-likeness (QED) is 0.179. The van der Waals surface area contributed by atoms with Crippen molar-refractivity contribution in [3.05, 3.63) is 119 Å². The molecule has 3 N–H and O–H groups in total. The molecule has 0 saturated carbocycles. The molecular weight excluding hydrogens is 566 g/mol. The van der Waals surface area contributed by atoms with Crippen LogP contribution < -0.4 is 14.8 Å². The Kier molecular flexibility index (Phi) is 8.45. The van der Waals surface area contributed by atoms with Crippen molar-refractivity contribution in [1.82, 2.24) is 20.4 Å². The van der Waals surface area contributed by atoms with Crippen LogP contribution in [0.3, 0.4) is 0 Å². The summed E-state index contributed by atoms with van der Waals surface area (Å²) in [5, 5.41) is 17.5. The van der Waals surface area contributed by atoms with Gasteiger partial charge in [-0.3, -0.25) is 9.71 Å². The van der Waals surface area contributed by atoms with Crippen LogP contribution in [0.15, 0.2) is 101 Å². The maximum absolute atomic E-state index is 13.0. The highest BCUT2D eigenvalue weighted by atomic mass is 32.2. The number of rotatable bonds is 12. The molecule has 11 heteroatoms. The van der Waals surface area contributed by atoms with Crippen LogP contribution in [-0.4, -0.2) is 48.3 Å².